The number of aliphatic hydroxyl groups is 1. The van der Waals surface area contributed by atoms with Crippen LogP contribution in [0.15, 0.2) is 48.5 Å². The largest absolute Gasteiger partial charge is 0.490 e. The average Bonchev–Trinajstić information content (AvgIpc) is 2.60. The first-order chi connectivity index (χ1) is 11.7. The van der Waals surface area contributed by atoms with Gasteiger partial charge in [-0.25, -0.2) is 0 Å². The van der Waals surface area contributed by atoms with Crippen LogP contribution in [0.1, 0.15) is 30.9 Å². The Morgan fingerprint density at radius 2 is 1.54 bits per heavy atom. The number of para-hydroxylation sites is 2. The minimum absolute atomic E-state index is 0.131. The maximum Gasteiger partial charge on any atom is 0.123 e. The Bertz CT molecular complexity index is 613. The van der Waals surface area contributed by atoms with Gasteiger partial charge in [-0.3, -0.25) is 0 Å². The SMILES string of the molecule is CC(C)c1ccccc1OCCOc1ccccc1CNCCO. The zero-order chi connectivity index (χ0) is 17.2. The fourth-order valence-corrected chi connectivity index (χ4v) is 2.48. The highest BCUT2D eigenvalue weighted by Gasteiger charge is 2.07. The van der Waals surface area contributed by atoms with E-state index >= 15 is 0 Å². The molecule has 0 aliphatic carbocycles. The second-order valence-electron chi connectivity index (χ2n) is 5.90. The topological polar surface area (TPSA) is 50.7 Å². The molecule has 0 saturated heterocycles. The van der Waals surface area contributed by atoms with Crippen molar-refractivity contribution < 1.29 is 14.6 Å². The van der Waals surface area contributed by atoms with Crippen molar-refractivity contribution in [3.05, 3.63) is 59.7 Å². The molecule has 24 heavy (non-hydrogen) atoms. The first kappa shape index (κ1) is 18.3. The van der Waals surface area contributed by atoms with Crippen LogP contribution in [0.25, 0.3) is 0 Å². The van der Waals surface area contributed by atoms with Crippen molar-refractivity contribution in [1.82, 2.24) is 5.32 Å². The molecule has 0 unspecified atom stereocenters. The van der Waals surface area contributed by atoms with Gasteiger partial charge in [0, 0.05) is 18.7 Å². The lowest BCUT2D eigenvalue weighted by Crippen LogP contribution is -2.18. The number of aliphatic hydroxyl groups excluding tert-OH is 1. The molecule has 0 amide bonds. The lowest BCUT2D eigenvalue weighted by molar-refractivity contribution is 0.214. The van der Waals surface area contributed by atoms with Gasteiger partial charge in [0.25, 0.3) is 0 Å². The second-order valence-corrected chi connectivity index (χ2v) is 5.90. The molecule has 2 aromatic carbocycles. The third-order valence-electron chi connectivity index (χ3n) is 3.72. The Labute approximate surface area is 144 Å². The summed E-state index contributed by atoms with van der Waals surface area (Å²) in [7, 11) is 0. The minimum Gasteiger partial charge on any atom is -0.490 e. The van der Waals surface area contributed by atoms with Gasteiger partial charge in [-0.1, -0.05) is 50.2 Å². The molecule has 0 spiro atoms. The Balaban J connectivity index is 1.85. The molecule has 2 rings (SSSR count). The van der Waals surface area contributed by atoms with Gasteiger partial charge in [-0.15, -0.1) is 0 Å². The summed E-state index contributed by atoms with van der Waals surface area (Å²) in [5, 5.41) is 12.0. The molecular formula is C20H27NO3. The predicted octanol–water partition coefficient (Wildman–Crippen LogP) is 3.35. The van der Waals surface area contributed by atoms with Crippen LogP contribution < -0.4 is 14.8 Å². The van der Waals surface area contributed by atoms with Crippen LogP contribution in [0.5, 0.6) is 11.5 Å². The second kappa shape index (κ2) is 9.96. The van der Waals surface area contributed by atoms with Crippen molar-refractivity contribution in [2.45, 2.75) is 26.3 Å². The van der Waals surface area contributed by atoms with Crippen LogP contribution in [-0.2, 0) is 6.54 Å². The molecule has 0 bridgehead atoms. The van der Waals surface area contributed by atoms with Gasteiger partial charge in [0.05, 0.1) is 6.61 Å². The average molecular weight is 329 g/mol. The van der Waals surface area contributed by atoms with Crippen LogP contribution >= 0.6 is 0 Å². The van der Waals surface area contributed by atoms with Gasteiger partial charge < -0.3 is 19.9 Å². The number of ether oxygens (including phenoxy) is 2. The van der Waals surface area contributed by atoms with Crippen LogP contribution in [0.4, 0.5) is 0 Å². The van der Waals surface area contributed by atoms with Crippen LogP contribution in [-0.4, -0.2) is 31.5 Å². The molecule has 0 aromatic heterocycles. The summed E-state index contributed by atoms with van der Waals surface area (Å²) in [5.41, 5.74) is 2.29. The van der Waals surface area contributed by atoms with Gasteiger partial charge in [-0.2, -0.15) is 0 Å². The van der Waals surface area contributed by atoms with Gasteiger partial charge >= 0.3 is 0 Å². The molecule has 0 saturated carbocycles. The fourth-order valence-electron chi connectivity index (χ4n) is 2.48. The van der Waals surface area contributed by atoms with E-state index in [-0.39, 0.29) is 6.61 Å². The van der Waals surface area contributed by atoms with Crippen molar-refractivity contribution in [3.63, 3.8) is 0 Å². The van der Waals surface area contributed by atoms with Crippen molar-refractivity contribution in [3.8, 4) is 11.5 Å². The summed E-state index contributed by atoms with van der Waals surface area (Å²) in [5.74, 6) is 2.21. The van der Waals surface area contributed by atoms with Crippen molar-refractivity contribution in [1.29, 1.82) is 0 Å². The van der Waals surface area contributed by atoms with E-state index in [2.05, 4.69) is 25.2 Å². The molecule has 4 heteroatoms. The third kappa shape index (κ3) is 5.55. The van der Waals surface area contributed by atoms with E-state index in [1.807, 2.05) is 42.5 Å². The zero-order valence-electron chi connectivity index (χ0n) is 14.5. The van der Waals surface area contributed by atoms with E-state index in [1.54, 1.807) is 0 Å². The van der Waals surface area contributed by atoms with Crippen LogP contribution in [0, 0.1) is 0 Å². The summed E-state index contributed by atoms with van der Waals surface area (Å²) < 4.78 is 11.7. The summed E-state index contributed by atoms with van der Waals surface area (Å²) in [6.45, 7) is 6.69. The lowest BCUT2D eigenvalue weighted by atomic mass is 10.0. The van der Waals surface area contributed by atoms with E-state index in [9.17, 15) is 0 Å². The highest BCUT2D eigenvalue weighted by atomic mass is 16.5. The molecule has 0 aliphatic rings. The molecule has 0 radical (unpaired) electrons. The van der Waals surface area contributed by atoms with Gasteiger partial charge in [0.15, 0.2) is 0 Å². The smallest absolute Gasteiger partial charge is 0.123 e. The van der Waals surface area contributed by atoms with Gasteiger partial charge in [-0.05, 0) is 23.6 Å². The highest BCUT2D eigenvalue weighted by molar-refractivity contribution is 5.35. The maximum atomic E-state index is 8.85. The molecule has 0 fully saturated rings. The highest BCUT2D eigenvalue weighted by Crippen LogP contribution is 2.25. The third-order valence-corrected chi connectivity index (χ3v) is 3.72. The molecule has 2 N–H and O–H groups in total. The first-order valence-electron chi connectivity index (χ1n) is 8.46. The van der Waals surface area contributed by atoms with E-state index in [0.717, 1.165) is 17.1 Å². The molecule has 130 valence electrons. The van der Waals surface area contributed by atoms with E-state index in [4.69, 9.17) is 14.6 Å². The number of nitrogens with one attached hydrogen (secondary N) is 1. The number of hydrogen-bond acceptors (Lipinski definition) is 4. The normalized spacial score (nSPS) is 10.8. The Kier molecular flexibility index (Phi) is 7.59. The zero-order valence-corrected chi connectivity index (χ0v) is 14.5. The van der Waals surface area contributed by atoms with E-state index < -0.39 is 0 Å². The van der Waals surface area contributed by atoms with Crippen molar-refractivity contribution >= 4 is 0 Å². The van der Waals surface area contributed by atoms with E-state index in [1.165, 1.54) is 5.56 Å². The van der Waals surface area contributed by atoms with Gasteiger partial charge in [0.2, 0.25) is 0 Å². The fraction of sp³-hybridized carbons (Fsp3) is 0.400. The number of hydrogen-bond donors (Lipinski definition) is 2. The molecule has 4 nitrogen and oxygen atoms in total. The summed E-state index contributed by atoms with van der Waals surface area (Å²) in [6, 6.07) is 16.0. The standard InChI is InChI=1S/C20H27NO3/c1-16(2)18-8-4-6-10-20(18)24-14-13-23-19-9-5-3-7-17(19)15-21-11-12-22/h3-10,16,21-22H,11-15H2,1-2H3. The maximum absolute atomic E-state index is 8.85. The van der Waals surface area contributed by atoms with Crippen molar-refractivity contribution in [2.24, 2.45) is 0 Å². The van der Waals surface area contributed by atoms with Crippen LogP contribution in [0.2, 0.25) is 0 Å². The number of rotatable bonds is 10. The lowest BCUT2D eigenvalue weighted by Gasteiger charge is -2.15. The van der Waals surface area contributed by atoms with Crippen molar-refractivity contribution in [2.75, 3.05) is 26.4 Å². The Morgan fingerprint density at radius 3 is 2.25 bits per heavy atom. The Hall–Kier alpha value is -2.04. The Morgan fingerprint density at radius 1 is 0.917 bits per heavy atom. The minimum atomic E-state index is 0.131. The van der Waals surface area contributed by atoms with Gasteiger partial charge in [0.1, 0.15) is 24.7 Å². The summed E-state index contributed by atoms with van der Waals surface area (Å²) in [4.78, 5) is 0. The molecular weight excluding hydrogens is 302 g/mol. The molecule has 0 atom stereocenters. The monoisotopic (exact) mass is 329 g/mol. The van der Waals surface area contributed by atoms with Crippen LogP contribution in [0.3, 0.4) is 0 Å². The number of benzene rings is 2. The van der Waals surface area contributed by atoms with E-state index in [0.29, 0.717) is 32.2 Å². The quantitative estimate of drug-likeness (QED) is 0.656. The summed E-state index contributed by atoms with van der Waals surface area (Å²) >= 11 is 0. The predicted molar refractivity (Wildman–Crippen MR) is 96.8 cm³/mol. The first-order valence-corrected chi connectivity index (χ1v) is 8.46. The molecule has 2 aromatic rings. The molecule has 0 aliphatic heterocycles. The summed E-state index contributed by atoms with van der Waals surface area (Å²) in [6.07, 6.45) is 0. The molecule has 0 heterocycles.